The van der Waals surface area contributed by atoms with Crippen molar-refractivity contribution < 1.29 is 14.7 Å². The van der Waals surface area contributed by atoms with Crippen molar-refractivity contribution in [1.82, 2.24) is 14.9 Å². The number of aromatic nitrogens is 2. The van der Waals surface area contributed by atoms with Crippen LogP contribution >= 0.6 is 11.8 Å². The Balaban J connectivity index is 2.09. The predicted molar refractivity (Wildman–Crippen MR) is 71.2 cm³/mol. The number of rotatable bonds is 6. The molecule has 1 aromatic heterocycles. The molecule has 1 aromatic rings. The lowest BCUT2D eigenvalue weighted by Gasteiger charge is -2.17. The van der Waals surface area contributed by atoms with Gasteiger partial charge in [0.05, 0.1) is 5.75 Å². The largest absolute Gasteiger partial charge is 0.481 e. The van der Waals surface area contributed by atoms with Crippen LogP contribution in [0, 0.1) is 6.92 Å². The van der Waals surface area contributed by atoms with Crippen molar-refractivity contribution in [3.05, 3.63) is 11.9 Å². The number of thioether (sulfide) groups is 1. The van der Waals surface area contributed by atoms with Gasteiger partial charge >= 0.3 is 5.97 Å². The third-order valence-corrected chi connectivity index (χ3v) is 3.91. The van der Waals surface area contributed by atoms with Crippen LogP contribution in [0.5, 0.6) is 0 Å². The summed E-state index contributed by atoms with van der Waals surface area (Å²) in [5.41, 5.74) is 0.853. The summed E-state index contributed by atoms with van der Waals surface area (Å²) in [7, 11) is 0. The van der Waals surface area contributed by atoms with Crippen molar-refractivity contribution in [1.29, 1.82) is 0 Å². The van der Waals surface area contributed by atoms with E-state index in [2.05, 4.69) is 10.3 Å². The smallest absolute Gasteiger partial charge is 0.313 e. The van der Waals surface area contributed by atoms with Gasteiger partial charge in [-0.1, -0.05) is 11.8 Å². The van der Waals surface area contributed by atoms with Gasteiger partial charge < -0.3 is 15.0 Å². The minimum Gasteiger partial charge on any atom is -0.481 e. The molecule has 0 bridgehead atoms. The maximum atomic E-state index is 12.0. The average Bonchev–Trinajstić information content (AvgIpc) is 3.08. The van der Waals surface area contributed by atoms with Gasteiger partial charge in [-0.2, -0.15) is 0 Å². The summed E-state index contributed by atoms with van der Waals surface area (Å²) in [5.74, 6) is -0.999. The van der Waals surface area contributed by atoms with Crippen LogP contribution in [0.4, 0.5) is 0 Å². The van der Waals surface area contributed by atoms with Gasteiger partial charge in [0.1, 0.15) is 6.04 Å². The van der Waals surface area contributed by atoms with E-state index in [0.717, 1.165) is 30.3 Å². The first-order chi connectivity index (χ1) is 8.99. The number of carbonyl (C=O) groups is 2. The second kappa shape index (κ2) is 5.64. The number of carboxylic acid groups (broad SMARTS) is 1. The first kappa shape index (κ1) is 13.9. The number of carboxylic acids is 1. The van der Waals surface area contributed by atoms with E-state index in [9.17, 15) is 9.59 Å². The molecule has 6 nitrogen and oxygen atoms in total. The van der Waals surface area contributed by atoms with Crippen molar-refractivity contribution in [3.63, 3.8) is 0 Å². The van der Waals surface area contributed by atoms with Crippen LogP contribution in [0.1, 0.15) is 31.5 Å². The summed E-state index contributed by atoms with van der Waals surface area (Å²) in [6, 6.07) is -0.0618. The Hall–Kier alpha value is -1.50. The Morgan fingerprint density at radius 2 is 2.32 bits per heavy atom. The molecule has 0 radical (unpaired) electrons. The van der Waals surface area contributed by atoms with Gasteiger partial charge in [-0.3, -0.25) is 9.59 Å². The number of hydrogen-bond acceptors (Lipinski definition) is 4. The second-order valence-corrected chi connectivity index (χ2v) is 5.64. The molecule has 2 rings (SSSR count). The number of aliphatic carboxylic acids is 1. The highest BCUT2D eigenvalue weighted by molar-refractivity contribution is 7.99. The lowest BCUT2D eigenvalue weighted by Crippen LogP contribution is -2.33. The fourth-order valence-electron chi connectivity index (χ4n) is 1.79. The van der Waals surface area contributed by atoms with Gasteiger partial charge in [0.25, 0.3) is 0 Å². The van der Waals surface area contributed by atoms with Crippen molar-refractivity contribution >= 4 is 23.6 Å². The third-order valence-electron chi connectivity index (χ3n) is 2.96. The number of amides is 1. The van der Waals surface area contributed by atoms with E-state index in [1.807, 2.05) is 6.92 Å². The van der Waals surface area contributed by atoms with Gasteiger partial charge in [0.2, 0.25) is 5.91 Å². The van der Waals surface area contributed by atoms with Crippen LogP contribution in [0.15, 0.2) is 11.4 Å². The van der Waals surface area contributed by atoms with E-state index in [-0.39, 0.29) is 17.7 Å². The first-order valence-electron chi connectivity index (χ1n) is 6.18. The Kier molecular flexibility index (Phi) is 4.14. The molecular weight excluding hydrogens is 266 g/mol. The quantitative estimate of drug-likeness (QED) is 0.767. The lowest BCUT2D eigenvalue weighted by molar-refractivity contribution is -0.134. The summed E-state index contributed by atoms with van der Waals surface area (Å²) in [6.07, 6.45) is 3.75. The van der Waals surface area contributed by atoms with Gasteiger partial charge in [-0.05, 0) is 26.7 Å². The molecule has 1 saturated carbocycles. The van der Waals surface area contributed by atoms with E-state index < -0.39 is 5.97 Å². The summed E-state index contributed by atoms with van der Waals surface area (Å²) < 4.78 is 1.78. The molecule has 1 atom stereocenters. The number of nitrogens with zero attached hydrogens (tertiary/aromatic N) is 2. The van der Waals surface area contributed by atoms with Gasteiger partial charge in [0.15, 0.2) is 5.16 Å². The Labute approximate surface area is 115 Å². The molecule has 0 aliphatic heterocycles. The Bertz CT molecular complexity index is 496. The molecule has 2 N–H and O–H groups in total. The van der Waals surface area contributed by atoms with Crippen LogP contribution in [-0.4, -0.2) is 38.3 Å². The predicted octanol–water partition coefficient (Wildman–Crippen LogP) is 1.21. The third kappa shape index (κ3) is 3.50. The number of nitrogens with one attached hydrogen (secondary N) is 1. The zero-order valence-corrected chi connectivity index (χ0v) is 11.7. The first-order valence-corrected chi connectivity index (χ1v) is 7.16. The van der Waals surface area contributed by atoms with Crippen molar-refractivity contribution in [2.45, 2.75) is 43.9 Å². The molecule has 1 aliphatic rings. The van der Waals surface area contributed by atoms with Crippen LogP contribution in [0.25, 0.3) is 0 Å². The monoisotopic (exact) mass is 283 g/mol. The number of hydrogen-bond donors (Lipinski definition) is 2. The van der Waals surface area contributed by atoms with Crippen LogP contribution < -0.4 is 5.32 Å². The van der Waals surface area contributed by atoms with E-state index in [1.165, 1.54) is 0 Å². The molecule has 1 unspecified atom stereocenters. The fourth-order valence-corrected chi connectivity index (χ4v) is 2.62. The fraction of sp³-hybridized carbons (Fsp3) is 0.583. The number of carbonyl (C=O) groups excluding carboxylic acids is 1. The highest BCUT2D eigenvalue weighted by Crippen LogP contribution is 2.24. The normalized spacial score (nSPS) is 16.1. The molecule has 1 aliphatic carbocycles. The van der Waals surface area contributed by atoms with Crippen LogP contribution in [0.2, 0.25) is 0 Å². The van der Waals surface area contributed by atoms with Crippen LogP contribution in [-0.2, 0) is 9.59 Å². The maximum Gasteiger partial charge on any atom is 0.313 e. The van der Waals surface area contributed by atoms with Crippen molar-refractivity contribution in [3.8, 4) is 0 Å². The summed E-state index contributed by atoms with van der Waals surface area (Å²) >= 11 is 1.13. The number of aryl methyl sites for hydroxylation is 1. The van der Waals surface area contributed by atoms with E-state index in [4.69, 9.17) is 5.11 Å². The van der Waals surface area contributed by atoms with Crippen molar-refractivity contribution in [2.75, 3.05) is 5.75 Å². The minimum atomic E-state index is -0.896. The minimum absolute atomic E-state index is 0.0409. The summed E-state index contributed by atoms with van der Waals surface area (Å²) in [5, 5.41) is 12.2. The van der Waals surface area contributed by atoms with E-state index >= 15 is 0 Å². The molecule has 1 amide bonds. The standard InChI is InChI=1S/C12H17N3O3S/c1-7-5-13-12(19-6-10(16)17)15(7)8(2)11(18)14-9-3-4-9/h5,8-9H,3-4,6H2,1-2H3,(H,14,18)(H,16,17). The van der Waals surface area contributed by atoms with Gasteiger partial charge in [0, 0.05) is 17.9 Å². The van der Waals surface area contributed by atoms with Gasteiger partial charge in [-0.15, -0.1) is 0 Å². The highest BCUT2D eigenvalue weighted by Gasteiger charge is 2.27. The molecule has 19 heavy (non-hydrogen) atoms. The number of imidazole rings is 1. The lowest BCUT2D eigenvalue weighted by atomic mass is 10.3. The molecular formula is C12H17N3O3S. The highest BCUT2D eigenvalue weighted by atomic mass is 32.2. The molecule has 104 valence electrons. The van der Waals surface area contributed by atoms with E-state index in [0.29, 0.717) is 11.2 Å². The molecule has 7 heteroatoms. The molecule has 0 spiro atoms. The summed E-state index contributed by atoms with van der Waals surface area (Å²) in [4.78, 5) is 26.8. The van der Waals surface area contributed by atoms with Crippen LogP contribution in [0.3, 0.4) is 0 Å². The van der Waals surface area contributed by atoms with E-state index in [1.54, 1.807) is 17.7 Å². The molecule has 1 fully saturated rings. The molecule has 0 saturated heterocycles. The second-order valence-electron chi connectivity index (χ2n) is 4.69. The zero-order valence-electron chi connectivity index (χ0n) is 10.9. The zero-order chi connectivity index (χ0) is 14.0. The summed E-state index contributed by atoms with van der Waals surface area (Å²) in [6.45, 7) is 3.66. The Morgan fingerprint density at radius 3 is 2.89 bits per heavy atom. The average molecular weight is 283 g/mol. The topological polar surface area (TPSA) is 84.2 Å². The molecule has 0 aromatic carbocycles. The Morgan fingerprint density at radius 1 is 1.63 bits per heavy atom. The van der Waals surface area contributed by atoms with Gasteiger partial charge in [-0.25, -0.2) is 4.98 Å². The maximum absolute atomic E-state index is 12.0. The SMILES string of the molecule is Cc1cnc(SCC(=O)O)n1C(C)C(=O)NC1CC1. The molecule has 1 heterocycles. The van der Waals surface area contributed by atoms with Crippen molar-refractivity contribution in [2.24, 2.45) is 0 Å².